The fraction of sp³-hybridized carbons (Fsp3) is 0.368. The normalized spacial score (nSPS) is 15.1. The van der Waals surface area contributed by atoms with Crippen LogP contribution in [0, 0.1) is 12.7 Å². The van der Waals surface area contributed by atoms with E-state index in [2.05, 4.69) is 10.6 Å². The topological polar surface area (TPSA) is 84.2 Å². The van der Waals surface area contributed by atoms with Gasteiger partial charge in [0, 0.05) is 12.1 Å². The number of amides is 2. The highest BCUT2D eigenvalue weighted by Gasteiger charge is 2.34. The third-order valence-electron chi connectivity index (χ3n) is 4.78. The van der Waals surface area contributed by atoms with Crippen molar-refractivity contribution in [2.75, 3.05) is 11.9 Å². The lowest BCUT2D eigenvalue weighted by molar-refractivity contribution is 0.0906. The molecule has 8 heteroatoms. The van der Waals surface area contributed by atoms with Crippen molar-refractivity contribution in [2.24, 2.45) is 5.73 Å². The number of thiophene rings is 1. The van der Waals surface area contributed by atoms with Gasteiger partial charge in [0.1, 0.15) is 5.82 Å². The number of carbonyl (C=O) groups excluding carboxylic acids is 2. The van der Waals surface area contributed by atoms with Crippen molar-refractivity contribution in [2.45, 2.75) is 38.1 Å². The summed E-state index contributed by atoms with van der Waals surface area (Å²) in [5, 5.41) is 6.37. The Hall–Kier alpha value is -1.96. The molecule has 1 saturated carbocycles. The number of rotatable bonds is 5. The third-order valence-corrected chi connectivity index (χ3v) is 5.93. The van der Waals surface area contributed by atoms with E-state index >= 15 is 0 Å². The van der Waals surface area contributed by atoms with Crippen LogP contribution in [0.4, 0.5) is 9.39 Å². The smallest absolute Gasteiger partial charge is 0.262 e. The molecule has 27 heavy (non-hydrogen) atoms. The molecule has 0 spiro atoms. The van der Waals surface area contributed by atoms with Crippen molar-refractivity contribution in [3.63, 3.8) is 0 Å². The molecule has 0 saturated heterocycles. The summed E-state index contributed by atoms with van der Waals surface area (Å²) in [5.41, 5.74) is 6.58. The molecule has 1 fully saturated rings. The predicted octanol–water partition coefficient (Wildman–Crippen LogP) is 3.87. The number of nitrogens with one attached hydrogen (secondary N) is 2. The number of hydrogen-bond acceptors (Lipinski definition) is 4. The van der Waals surface area contributed by atoms with Gasteiger partial charge in [-0.3, -0.25) is 9.59 Å². The van der Waals surface area contributed by atoms with Crippen molar-refractivity contribution >= 4 is 40.6 Å². The lowest BCUT2D eigenvalue weighted by Gasteiger charge is -2.28. The summed E-state index contributed by atoms with van der Waals surface area (Å²) in [4.78, 5) is 25.5. The first-order valence-electron chi connectivity index (χ1n) is 8.62. The van der Waals surface area contributed by atoms with Crippen LogP contribution in [0.2, 0.25) is 0 Å². The molecule has 0 unspecified atom stereocenters. The van der Waals surface area contributed by atoms with E-state index in [9.17, 15) is 14.0 Å². The molecule has 2 amide bonds. The van der Waals surface area contributed by atoms with Crippen LogP contribution in [0.25, 0.3) is 0 Å². The Kier molecular flexibility index (Phi) is 6.97. The highest BCUT2D eigenvalue weighted by atomic mass is 35.5. The van der Waals surface area contributed by atoms with E-state index in [1.54, 1.807) is 6.07 Å². The maximum atomic E-state index is 13.3. The summed E-state index contributed by atoms with van der Waals surface area (Å²) in [7, 11) is 0. The summed E-state index contributed by atoms with van der Waals surface area (Å²) in [6, 6.07) is 7.23. The van der Waals surface area contributed by atoms with E-state index in [0.29, 0.717) is 16.4 Å². The van der Waals surface area contributed by atoms with Crippen LogP contribution in [-0.2, 0) is 0 Å². The van der Waals surface area contributed by atoms with Gasteiger partial charge in [0.25, 0.3) is 11.8 Å². The van der Waals surface area contributed by atoms with Gasteiger partial charge in [-0.25, -0.2) is 4.39 Å². The van der Waals surface area contributed by atoms with E-state index in [4.69, 9.17) is 5.73 Å². The molecule has 0 radical (unpaired) electrons. The van der Waals surface area contributed by atoms with Crippen molar-refractivity contribution < 1.29 is 14.0 Å². The summed E-state index contributed by atoms with van der Waals surface area (Å²) in [6.45, 7) is 2.25. The van der Waals surface area contributed by atoms with Gasteiger partial charge >= 0.3 is 0 Å². The van der Waals surface area contributed by atoms with Crippen LogP contribution in [-0.4, -0.2) is 23.9 Å². The van der Waals surface area contributed by atoms with Crippen molar-refractivity contribution in [1.29, 1.82) is 0 Å². The Labute approximate surface area is 167 Å². The summed E-state index contributed by atoms with van der Waals surface area (Å²) in [6.07, 6.45) is 3.91. The molecule has 146 valence electrons. The van der Waals surface area contributed by atoms with Crippen LogP contribution in [0.3, 0.4) is 0 Å². The van der Waals surface area contributed by atoms with Crippen LogP contribution in [0.5, 0.6) is 0 Å². The fourth-order valence-corrected chi connectivity index (χ4v) is 4.28. The maximum Gasteiger partial charge on any atom is 0.262 e. The molecule has 0 aliphatic heterocycles. The Morgan fingerprint density at radius 2 is 1.93 bits per heavy atom. The maximum absolute atomic E-state index is 13.3. The quantitative estimate of drug-likeness (QED) is 0.698. The van der Waals surface area contributed by atoms with Gasteiger partial charge in [-0.1, -0.05) is 18.9 Å². The SMILES string of the molecule is Cc1cc(NC(=O)c2cccc(F)c2)sc1C(=O)NC1(CN)CCCC1.Cl. The number of halogens is 2. The van der Waals surface area contributed by atoms with E-state index in [0.717, 1.165) is 31.2 Å². The Morgan fingerprint density at radius 1 is 1.22 bits per heavy atom. The molecule has 1 aliphatic carbocycles. The average Bonchev–Trinajstić information content (AvgIpc) is 3.22. The standard InChI is InChI=1S/C19H22FN3O2S.ClH/c1-12-9-15(22-17(24)13-5-4-6-14(20)10-13)26-16(12)18(25)23-19(11-21)7-2-3-8-19;/h4-6,9-10H,2-3,7-8,11,21H2,1H3,(H,22,24)(H,23,25);1H. The monoisotopic (exact) mass is 411 g/mol. The number of aryl methyl sites for hydroxylation is 1. The zero-order valence-corrected chi connectivity index (χ0v) is 16.6. The molecule has 5 nitrogen and oxygen atoms in total. The summed E-state index contributed by atoms with van der Waals surface area (Å²) >= 11 is 1.21. The molecule has 0 bridgehead atoms. The van der Waals surface area contributed by atoms with Gasteiger partial charge in [0.2, 0.25) is 0 Å². The first-order valence-corrected chi connectivity index (χ1v) is 9.44. The number of anilines is 1. The van der Waals surface area contributed by atoms with Crippen LogP contribution in [0.1, 0.15) is 51.3 Å². The largest absolute Gasteiger partial charge is 0.345 e. The number of hydrogen-bond donors (Lipinski definition) is 3. The molecule has 3 rings (SSSR count). The molecule has 1 aromatic carbocycles. The van der Waals surface area contributed by atoms with Crippen molar-refractivity contribution in [3.05, 3.63) is 52.2 Å². The number of benzene rings is 1. The molecule has 1 heterocycles. The van der Waals surface area contributed by atoms with Crippen molar-refractivity contribution in [3.8, 4) is 0 Å². The van der Waals surface area contributed by atoms with Crippen LogP contribution in [0.15, 0.2) is 30.3 Å². The second-order valence-electron chi connectivity index (χ2n) is 6.73. The highest BCUT2D eigenvalue weighted by molar-refractivity contribution is 7.18. The van der Waals surface area contributed by atoms with Crippen LogP contribution >= 0.6 is 23.7 Å². The molecular weight excluding hydrogens is 389 g/mol. The second kappa shape index (κ2) is 8.82. The minimum Gasteiger partial charge on any atom is -0.345 e. The van der Waals surface area contributed by atoms with E-state index in [1.807, 2.05) is 6.92 Å². The Bertz CT molecular complexity index is 834. The highest BCUT2D eigenvalue weighted by Crippen LogP contribution is 2.31. The molecule has 4 N–H and O–H groups in total. The van der Waals surface area contributed by atoms with Gasteiger partial charge in [0.15, 0.2) is 0 Å². The van der Waals surface area contributed by atoms with Gasteiger partial charge in [-0.2, -0.15) is 0 Å². The van der Waals surface area contributed by atoms with Gasteiger partial charge in [0.05, 0.1) is 15.4 Å². The first-order chi connectivity index (χ1) is 12.4. The Morgan fingerprint density at radius 3 is 2.56 bits per heavy atom. The van der Waals surface area contributed by atoms with Gasteiger partial charge in [-0.05, 0) is 49.6 Å². The van der Waals surface area contributed by atoms with E-state index in [-0.39, 0.29) is 29.4 Å². The lowest BCUT2D eigenvalue weighted by Crippen LogP contribution is -2.51. The number of carbonyl (C=O) groups is 2. The zero-order chi connectivity index (χ0) is 18.7. The molecule has 2 aromatic rings. The van der Waals surface area contributed by atoms with Crippen LogP contribution < -0.4 is 16.4 Å². The van der Waals surface area contributed by atoms with Gasteiger partial charge in [-0.15, -0.1) is 23.7 Å². The molecule has 0 atom stereocenters. The predicted molar refractivity (Wildman–Crippen MR) is 108 cm³/mol. The number of nitrogens with two attached hydrogens (primary N) is 1. The van der Waals surface area contributed by atoms with Gasteiger partial charge < -0.3 is 16.4 Å². The third kappa shape index (κ3) is 4.86. The summed E-state index contributed by atoms with van der Waals surface area (Å²) < 4.78 is 13.3. The second-order valence-corrected chi connectivity index (χ2v) is 7.79. The average molecular weight is 412 g/mol. The fourth-order valence-electron chi connectivity index (χ4n) is 3.31. The minimum absolute atomic E-state index is 0. The Balaban J connectivity index is 0.00000261. The van der Waals surface area contributed by atoms with E-state index < -0.39 is 11.7 Å². The van der Waals surface area contributed by atoms with Crippen molar-refractivity contribution in [1.82, 2.24) is 5.32 Å². The minimum atomic E-state index is -0.469. The molecular formula is C19H23ClFN3O2S. The van der Waals surface area contributed by atoms with E-state index in [1.165, 1.54) is 35.6 Å². The molecule has 1 aliphatic rings. The zero-order valence-electron chi connectivity index (χ0n) is 15.0. The summed E-state index contributed by atoms with van der Waals surface area (Å²) in [5.74, 6) is -1.04. The first kappa shape index (κ1) is 21.3. The molecule has 1 aromatic heterocycles. The lowest BCUT2D eigenvalue weighted by atomic mass is 9.97.